The van der Waals surface area contributed by atoms with Crippen LogP contribution in [-0.4, -0.2) is 19.9 Å². The maximum Gasteiger partial charge on any atom is 0.139 e. The predicted octanol–water partition coefficient (Wildman–Crippen LogP) is 8.07. The van der Waals surface area contributed by atoms with E-state index in [1.54, 1.807) is 12.4 Å². The van der Waals surface area contributed by atoms with E-state index in [9.17, 15) is 26.3 Å². The van der Waals surface area contributed by atoms with Crippen molar-refractivity contribution in [3.8, 4) is 33.9 Å². The average Bonchev–Trinajstić information content (AvgIpc) is 3.00. The molecule has 11 heteroatoms. The van der Waals surface area contributed by atoms with Crippen LogP contribution in [0.25, 0.3) is 33.9 Å². The van der Waals surface area contributed by atoms with Crippen LogP contribution in [0, 0.1) is 47.0 Å². The van der Waals surface area contributed by atoms with Crippen LogP contribution in [0.3, 0.4) is 0 Å². The third kappa shape index (κ3) is 9.66. The number of rotatable bonds is 3. The Morgan fingerprint density at radius 2 is 0.860 bits per heavy atom. The van der Waals surface area contributed by atoms with Crippen LogP contribution in [0.5, 0.6) is 0 Å². The van der Waals surface area contributed by atoms with Gasteiger partial charge in [-0.1, -0.05) is 47.5 Å². The molecule has 0 fully saturated rings. The molecule has 0 aliphatic heterocycles. The second kappa shape index (κ2) is 16.0. The molecule has 0 spiro atoms. The zero-order valence-electron chi connectivity index (χ0n) is 21.8. The number of pyridine rings is 4. The summed E-state index contributed by atoms with van der Waals surface area (Å²) in [6, 6.07) is 24.8. The quantitative estimate of drug-likeness (QED) is 0.135. The summed E-state index contributed by atoms with van der Waals surface area (Å²) in [6.07, 6.45) is 5.46. The van der Waals surface area contributed by atoms with Crippen molar-refractivity contribution in [1.82, 2.24) is 19.9 Å². The van der Waals surface area contributed by atoms with Crippen molar-refractivity contribution < 1.29 is 46.4 Å². The van der Waals surface area contributed by atoms with E-state index in [0.29, 0.717) is 0 Å². The molecule has 6 aromatic rings. The molecule has 0 atom stereocenters. The second-order valence-electron chi connectivity index (χ2n) is 8.23. The van der Waals surface area contributed by atoms with E-state index in [4.69, 9.17) is 0 Å². The maximum atomic E-state index is 13.2. The summed E-state index contributed by atoms with van der Waals surface area (Å²) >= 11 is 0. The van der Waals surface area contributed by atoms with Gasteiger partial charge >= 0.3 is 0 Å². The van der Waals surface area contributed by atoms with Gasteiger partial charge in [-0.3, -0.25) is 27.5 Å². The maximum absolute atomic E-state index is 13.2. The molecular formula is C32H18F6IrN4-2. The van der Waals surface area contributed by atoms with Crippen molar-refractivity contribution in [2.45, 2.75) is 0 Å². The van der Waals surface area contributed by atoms with Gasteiger partial charge in [0, 0.05) is 55.8 Å². The minimum Gasteiger partial charge on any atom is -0.302 e. The molecule has 0 saturated heterocycles. The fraction of sp³-hybridized carbons (Fsp3) is 0. The molecule has 0 aliphatic rings. The van der Waals surface area contributed by atoms with Gasteiger partial charge in [-0.2, -0.15) is 0 Å². The van der Waals surface area contributed by atoms with Crippen LogP contribution >= 0.6 is 0 Å². The van der Waals surface area contributed by atoms with E-state index >= 15 is 0 Å². The summed E-state index contributed by atoms with van der Waals surface area (Å²) in [6.45, 7) is 0. The molecule has 0 saturated carbocycles. The normalized spacial score (nSPS) is 9.91. The van der Waals surface area contributed by atoms with Crippen molar-refractivity contribution in [2.75, 3.05) is 0 Å². The SMILES string of the molecule is Fc1ccc(-c2[c-]cc(F)cc2F)nc1.Fc1ccc(-c2[c-]cc(F)cc2F)nc1.[Ir].c1ccc(-c2ccccn2)nc1. The van der Waals surface area contributed by atoms with Crippen molar-refractivity contribution in [1.29, 1.82) is 0 Å². The molecule has 0 N–H and O–H groups in total. The first-order chi connectivity index (χ1) is 20.3. The summed E-state index contributed by atoms with van der Waals surface area (Å²) in [4.78, 5) is 15.7. The van der Waals surface area contributed by atoms with E-state index in [1.165, 1.54) is 12.1 Å². The number of benzene rings is 2. The third-order valence-electron chi connectivity index (χ3n) is 5.27. The molecule has 4 heterocycles. The Kier molecular flexibility index (Phi) is 12.2. The molecule has 0 aliphatic carbocycles. The van der Waals surface area contributed by atoms with E-state index in [0.717, 1.165) is 60.2 Å². The van der Waals surface area contributed by atoms with Gasteiger partial charge in [0.15, 0.2) is 0 Å². The minimum atomic E-state index is -0.769. The standard InChI is InChI=1S/2C11H5F3N.C10H8N2.Ir/c2*12-7-1-3-9(10(14)5-7)11-4-2-8(13)6-15-11;1-3-7-11-9(5-1)10-6-2-4-8-12-10;/h2*1-2,4-6H;1-8H;/q2*-1;;. The van der Waals surface area contributed by atoms with Crippen molar-refractivity contribution in [2.24, 2.45) is 0 Å². The Morgan fingerprint density at radius 1 is 0.442 bits per heavy atom. The molecule has 0 bridgehead atoms. The predicted molar refractivity (Wildman–Crippen MR) is 144 cm³/mol. The van der Waals surface area contributed by atoms with Crippen LogP contribution in [-0.2, 0) is 20.1 Å². The Balaban J connectivity index is 0.000000176. The van der Waals surface area contributed by atoms with Gasteiger partial charge in [0.1, 0.15) is 11.6 Å². The van der Waals surface area contributed by atoms with Crippen molar-refractivity contribution in [3.63, 3.8) is 0 Å². The number of aromatic nitrogens is 4. The fourth-order valence-electron chi connectivity index (χ4n) is 3.36. The van der Waals surface area contributed by atoms with Crippen molar-refractivity contribution in [3.05, 3.63) is 157 Å². The van der Waals surface area contributed by atoms with Gasteiger partial charge in [0.25, 0.3) is 0 Å². The fourth-order valence-corrected chi connectivity index (χ4v) is 3.36. The number of hydrogen-bond donors (Lipinski definition) is 0. The molecule has 2 aromatic carbocycles. The third-order valence-corrected chi connectivity index (χ3v) is 5.27. The molecule has 0 unspecified atom stereocenters. The monoisotopic (exact) mass is 765 g/mol. The van der Waals surface area contributed by atoms with Gasteiger partial charge in [-0.25, -0.2) is 8.78 Å². The van der Waals surface area contributed by atoms with Crippen molar-refractivity contribution >= 4 is 0 Å². The molecule has 4 nitrogen and oxygen atoms in total. The smallest absolute Gasteiger partial charge is 0.139 e. The number of nitrogens with zero attached hydrogens (tertiary/aromatic N) is 4. The first-order valence-electron chi connectivity index (χ1n) is 12.1. The summed E-state index contributed by atoms with van der Waals surface area (Å²) in [5.74, 6) is -3.98. The first kappa shape index (κ1) is 32.8. The first-order valence-corrected chi connectivity index (χ1v) is 12.1. The summed E-state index contributed by atoms with van der Waals surface area (Å²) < 4.78 is 76.7. The van der Waals surface area contributed by atoms with Gasteiger partial charge in [-0.15, -0.1) is 24.3 Å². The summed E-state index contributed by atoms with van der Waals surface area (Å²) in [5.41, 5.74) is 2.31. The molecule has 43 heavy (non-hydrogen) atoms. The van der Waals surface area contributed by atoms with Crippen LogP contribution in [0.4, 0.5) is 26.3 Å². The second-order valence-corrected chi connectivity index (χ2v) is 8.23. The Bertz CT molecular complexity index is 1590. The Morgan fingerprint density at radius 3 is 1.16 bits per heavy atom. The van der Waals surface area contributed by atoms with E-state index in [1.807, 2.05) is 36.4 Å². The Hall–Kier alpha value is -4.73. The van der Waals surface area contributed by atoms with Gasteiger partial charge in [0.2, 0.25) is 0 Å². The molecule has 6 rings (SSSR count). The number of halogens is 6. The topological polar surface area (TPSA) is 51.6 Å². The van der Waals surface area contributed by atoms with Gasteiger partial charge < -0.3 is 9.97 Å². The minimum absolute atomic E-state index is 0. The summed E-state index contributed by atoms with van der Waals surface area (Å²) in [7, 11) is 0. The van der Waals surface area contributed by atoms with E-state index in [2.05, 4.69) is 32.1 Å². The van der Waals surface area contributed by atoms with Crippen LogP contribution in [0.2, 0.25) is 0 Å². The molecule has 219 valence electrons. The summed E-state index contributed by atoms with van der Waals surface area (Å²) in [5, 5.41) is 0. The van der Waals surface area contributed by atoms with E-state index in [-0.39, 0.29) is 42.6 Å². The van der Waals surface area contributed by atoms with Crippen LogP contribution in [0.15, 0.2) is 110 Å². The molecule has 4 aromatic heterocycles. The van der Waals surface area contributed by atoms with Crippen LogP contribution in [0.1, 0.15) is 0 Å². The van der Waals surface area contributed by atoms with Gasteiger partial charge in [0.05, 0.1) is 23.8 Å². The van der Waals surface area contributed by atoms with Gasteiger partial charge in [-0.05, 0) is 47.8 Å². The zero-order valence-corrected chi connectivity index (χ0v) is 24.2. The largest absolute Gasteiger partial charge is 0.302 e. The van der Waals surface area contributed by atoms with E-state index < -0.39 is 34.9 Å². The molecule has 0 amide bonds. The average molecular weight is 765 g/mol. The Labute approximate surface area is 256 Å². The number of hydrogen-bond acceptors (Lipinski definition) is 4. The zero-order chi connectivity index (χ0) is 29.9. The molecule has 1 radical (unpaired) electrons. The molecular weight excluding hydrogens is 747 g/mol. The van der Waals surface area contributed by atoms with Crippen LogP contribution < -0.4 is 0 Å².